The summed E-state index contributed by atoms with van der Waals surface area (Å²) in [5.41, 5.74) is -0.684. The predicted octanol–water partition coefficient (Wildman–Crippen LogP) is 3.96. The van der Waals surface area contributed by atoms with E-state index < -0.39 is 11.7 Å². The van der Waals surface area contributed by atoms with Crippen LogP contribution in [0.2, 0.25) is 0 Å². The van der Waals surface area contributed by atoms with Crippen LogP contribution < -0.4 is 0 Å². The van der Waals surface area contributed by atoms with Gasteiger partial charge in [0.1, 0.15) is 0 Å². The van der Waals surface area contributed by atoms with Gasteiger partial charge in [-0.15, -0.1) is 0 Å². The summed E-state index contributed by atoms with van der Waals surface area (Å²) < 4.78 is 0. The van der Waals surface area contributed by atoms with Crippen LogP contribution in [0.4, 0.5) is 0 Å². The lowest BCUT2D eigenvalue weighted by molar-refractivity contribution is 0.0645. The molecule has 1 unspecified atom stereocenters. The molecule has 2 N–H and O–H groups in total. The molecule has 0 bridgehead atoms. The maximum atomic E-state index is 10.6. The van der Waals surface area contributed by atoms with Crippen molar-refractivity contribution >= 4 is 0 Å². The molecule has 1 aliphatic rings. The Bertz CT molecular complexity index is 221. The van der Waals surface area contributed by atoms with E-state index in [-0.39, 0.29) is 0 Å². The lowest BCUT2D eigenvalue weighted by atomic mass is 9.88. The summed E-state index contributed by atoms with van der Waals surface area (Å²) in [5, 5.41) is 19.9. The van der Waals surface area contributed by atoms with E-state index >= 15 is 0 Å². The third-order valence-electron chi connectivity index (χ3n) is 3.90. The molecule has 1 rings (SSSR count). The molecular weight excluding hydrogens is 224 g/mol. The summed E-state index contributed by atoms with van der Waals surface area (Å²) >= 11 is 0. The van der Waals surface area contributed by atoms with Gasteiger partial charge in [0.25, 0.3) is 0 Å². The summed E-state index contributed by atoms with van der Waals surface area (Å²) in [6.07, 6.45) is 16.1. The van der Waals surface area contributed by atoms with Gasteiger partial charge in [0.05, 0.1) is 11.7 Å². The van der Waals surface area contributed by atoms with E-state index in [0.717, 1.165) is 25.7 Å². The molecule has 1 atom stereocenters. The van der Waals surface area contributed by atoms with Gasteiger partial charge >= 0.3 is 0 Å². The monoisotopic (exact) mass is 254 g/mol. The van der Waals surface area contributed by atoms with Gasteiger partial charge < -0.3 is 10.2 Å². The Morgan fingerprint density at radius 1 is 0.833 bits per heavy atom. The zero-order chi connectivity index (χ0) is 13.3. The van der Waals surface area contributed by atoms with Gasteiger partial charge in [-0.2, -0.15) is 0 Å². The van der Waals surface area contributed by atoms with Gasteiger partial charge in [-0.05, 0) is 19.8 Å². The minimum atomic E-state index is -0.684. The molecule has 0 spiro atoms. The highest BCUT2D eigenvalue weighted by molar-refractivity contribution is 5.02. The van der Waals surface area contributed by atoms with Crippen LogP contribution in [0.1, 0.15) is 77.6 Å². The molecule has 0 saturated heterocycles. The van der Waals surface area contributed by atoms with Crippen molar-refractivity contribution in [3.05, 3.63) is 12.2 Å². The van der Waals surface area contributed by atoms with E-state index in [9.17, 15) is 10.2 Å². The van der Waals surface area contributed by atoms with Crippen LogP contribution in [0, 0.1) is 0 Å². The second kappa shape index (κ2) is 8.71. The summed E-state index contributed by atoms with van der Waals surface area (Å²) in [6, 6.07) is 0. The summed E-state index contributed by atoms with van der Waals surface area (Å²) in [7, 11) is 0. The van der Waals surface area contributed by atoms with Crippen LogP contribution in [0.5, 0.6) is 0 Å². The van der Waals surface area contributed by atoms with Crippen molar-refractivity contribution < 1.29 is 10.2 Å². The van der Waals surface area contributed by atoms with Crippen LogP contribution in [0.3, 0.4) is 0 Å². The third kappa shape index (κ3) is 7.17. The van der Waals surface area contributed by atoms with E-state index in [1.165, 1.54) is 44.9 Å². The molecule has 0 amide bonds. The molecular formula is C16H30O2. The number of rotatable bonds is 2. The van der Waals surface area contributed by atoms with E-state index in [4.69, 9.17) is 0 Å². The second-order valence-corrected chi connectivity index (χ2v) is 5.89. The molecule has 0 radical (unpaired) electrons. The molecule has 106 valence electrons. The van der Waals surface area contributed by atoms with Crippen molar-refractivity contribution in [2.75, 3.05) is 0 Å². The second-order valence-electron chi connectivity index (χ2n) is 5.89. The van der Waals surface area contributed by atoms with Crippen molar-refractivity contribution in [1.82, 2.24) is 0 Å². The average molecular weight is 254 g/mol. The molecule has 1 saturated carbocycles. The lowest BCUT2D eigenvalue weighted by Crippen LogP contribution is -2.26. The van der Waals surface area contributed by atoms with Gasteiger partial charge in [0.2, 0.25) is 0 Å². The van der Waals surface area contributed by atoms with Gasteiger partial charge in [-0.3, -0.25) is 0 Å². The molecule has 2 nitrogen and oxygen atoms in total. The van der Waals surface area contributed by atoms with Crippen molar-refractivity contribution in [3.63, 3.8) is 0 Å². The Kier molecular flexibility index (Phi) is 7.60. The van der Waals surface area contributed by atoms with Crippen LogP contribution >= 0.6 is 0 Å². The quantitative estimate of drug-likeness (QED) is 0.732. The fraction of sp³-hybridized carbons (Fsp3) is 0.875. The first-order valence-corrected chi connectivity index (χ1v) is 7.72. The first-order valence-electron chi connectivity index (χ1n) is 7.72. The average Bonchev–Trinajstić information content (AvgIpc) is 2.32. The first-order chi connectivity index (χ1) is 8.62. The first kappa shape index (κ1) is 15.7. The van der Waals surface area contributed by atoms with Gasteiger partial charge in [-0.25, -0.2) is 0 Å². The fourth-order valence-electron chi connectivity index (χ4n) is 2.71. The van der Waals surface area contributed by atoms with Crippen LogP contribution in [0.15, 0.2) is 12.2 Å². The number of aliphatic hydroxyl groups excluding tert-OH is 1. The van der Waals surface area contributed by atoms with Crippen molar-refractivity contribution in [3.8, 4) is 0 Å². The Labute approximate surface area is 112 Å². The zero-order valence-electron chi connectivity index (χ0n) is 11.9. The molecule has 18 heavy (non-hydrogen) atoms. The van der Waals surface area contributed by atoms with Gasteiger partial charge in [0, 0.05) is 0 Å². The van der Waals surface area contributed by atoms with Crippen LogP contribution in [-0.4, -0.2) is 21.9 Å². The topological polar surface area (TPSA) is 40.5 Å². The lowest BCUT2D eigenvalue weighted by Gasteiger charge is -2.25. The summed E-state index contributed by atoms with van der Waals surface area (Å²) in [5.74, 6) is 0. The molecule has 0 aromatic rings. The highest BCUT2D eigenvalue weighted by Gasteiger charge is 2.22. The minimum absolute atomic E-state index is 0.463. The van der Waals surface area contributed by atoms with Gasteiger partial charge in [0.15, 0.2) is 0 Å². The SMILES string of the molecule is CC(O)/C=C\C1(O)CCCCCCCCCCC1. The normalized spacial score (nSPS) is 25.3. The number of hydrogen-bond acceptors (Lipinski definition) is 2. The summed E-state index contributed by atoms with van der Waals surface area (Å²) in [6.45, 7) is 1.73. The molecule has 0 aromatic heterocycles. The molecule has 1 aliphatic carbocycles. The van der Waals surface area contributed by atoms with E-state index in [0.29, 0.717) is 0 Å². The fourth-order valence-corrected chi connectivity index (χ4v) is 2.71. The summed E-state index contributed by atoms with van der Waals surface area (Å²) in [4.78, 5) is 0. The maximum absolute atomic E-state index is 10.6. The van der Waals surface area contributed by atoms with Crippen LogP contribution in [-0.2, 0) is 0 Å². The number of aliphatic hydroxyl groups is 2. The highest BCUT2D eigenvalue weighted by atomic mass is 16.3. The smallest absolute Gasteiger partial charge is 0.0828 e. The van der Waals surface area contributed by atoms with E-state index in [2.05, 4.69) is 0 Å². The molecule has 0 aromatic carbocycles. The Balaban J connectivity index is 2.49. The Hall–Kier alpha value is -0.340. The number of hydrogen-bond donors (Lipinski definition) is 2. The van der Waals surface area contributed by atoms with Crippen molar-refractivity contribution in [2.45, 2.75) is 89.3 Å². The Morgan fingerprint density at radius 2 is 1.22 bits per heavy atom. The third-order valence-corrected chi connectivity index (χ3v) is 3.90. The van der Waals surface area contributed by atoms with Gasteiger partial charge in [-0.1, -0.05) is 69.9 Å². The molecule has 0 heterocycles. The zero-order valence-corrected chi connectivity index (χ0v) is 11.9. The van der Waals surface area contributed by atoms with E-state index in [1.807, 2.05) is 6.08 Å². The maximum Gasteiger partial charge on any atom is 0.0828 e. The van der Waals surface area contributed by atoms with Crippen molar-refractivity contribution in [2.24, 2.45) is 0 Å². The minimum Gasteiger partial charge on any atom is -0.389 e. The van der Waals surface area contributed by atoms with Crippen molar-refractivity contribution in [1.29, 1.82) is 0 Å². The van der Waals surface area contributed by atoms with E-state index in [1.54, 1.807) is 13.0 Å². The highest BCUT2D eigenvalue weighted by Crippen LogP contribution is 2.26. The Morgan fingerprint density at radius 3 is 1.61 bits per heavy atom. The molecule has 1 fully saturated rings. The predicted molar refractivity (Wildman–Crippen MR) is 76.6 cm³/mol. The largest absolute Gasteiger partial charge is 0.389 e. The molecule has 0 aliphatic heterocycles. The molecule has 2 heteroatoms. The standard InChI is InChI=1S/C16H30O2/c1-15(17)11-14-16(18)12-9-7-5-3-2-4-6-8-10-13-16/h11,14-15,17-18H,2-10,12-13H2,1H3/b14-11-. The van der Waals surface area contributed by atoms with Crippen LogP contribution in [0.25, 0.3) is 0 Å².